The van der Waals surface area contributed by atoms with E-state index < -0.39 is 5.82 Å². The number of rotatable bonds is 3. The van der Waals surface area contributed by atoms with Gasteiger partial charge in [-0.05, 0) is 31.4 Å². The molecule has 1 heterocycles. The van der Waals surface area contributed by atoms with E-state index in [1.165, 1.54) is 6.07 Å². The highest BCUT2D eigenvalue weighted by Gasteiger charge is 2.09. The highest BCUT2D eigenvalue weighted by atomic mass is 35.5. The fourth-order valence-electron chi connectivity index (χ4n) is 1.04. The van der Waals surface area contributed by atoms with Crippen LogP contribution in [0.3, 0.4) is 0 Å². The molecule has 0 saturated carbocycles. The standard InChI is InChI=1S/C9H11Cl2FN2/c1-5(13)2-3-6-4-7(12)9(11)14-8(6)10/h4-5H,2-3,13H2,1H3/t5-/m0/s1. The van der Waals surface area contributed by atoms with Gasteiger partial charge >= 0.3 is 0 Å². The Kier molecular flexibility index (Phi) is 4.11. The summed E-state index contributed by atoms with van der Waals surface area (Å²) in [4.78, 5) is 3.67. The van der Waals surface area contributed by atoms with Gasteiger partial charge in [0.1, 0.15) is 5.15 Å². The number of aromatic nitrogens is 1. The van der Waals surface area contributed by atoms with Crippen molar-refractivity contribution in [2.75, 3.05) is 0 Å². The first-order valence-electron chi connectivity index (χ1n) is 4.26. The highest BCUT2D eigenvalue weighted by Crippen LogP contribution is 2.21. The van der Waals surface area contributed by atoms with E-state index in [-0.39, 0.29) is 16.3 Å². The number of hydrogen-bond donors (Lipinski definition) is 1. The molecule has 0 aromatic carbocycles. The summed E-state index contributed by atoms with van der Waals surface area (Å²) in [7, 11) is 0. The van der Waals surface area contributed by atoms with Gasteiger partial charge in [0.05, 0.1) is 0 Å². The Morgan fingerprint density at radius 3 is 2.71 bits per heavy atom. The summed E-state index contributed by atoms with van der Waals surface area (Å²) in [5.74, 6) is -0.546. The molecule has 0 aliphatic carbocycles. The van der Waals surface area contributed by atoms with Crippen LogP contribution in [0.25, 0.3) is 0 Å². The van der Waals surface area contributed by atoms with Gasteiger partial charge in [-0.3, -0.25) is 0 Å². The summed E-state index contributed by atoms with van der Waals surface area (Å²) in [5, 5.41) is 0.0524. The van der Waals surface area contributed by atoms with Crippen LogP contribution in [-0.2, 0) is 6.42 Å². The molecule has 1 rings (SSSR count). The first-order valence-corrected chi connectivity index (χ1v) is 5.02. The van der Waals surface area contributed by atoms with Crippen LogP contribution in [0.2, 0.25) is 10.3 Å². The van der Waals surface area contributed by atoms with Crippen molar-refractivity contribution < 1.29 is 4.39 Å². The molecule has 1 aromatic heterocycles. The third-order valence-electron chi connectivity index (χ3n) is 1.83. The Morgan fingerprint density at radius 2 is 2.14 bits per heavy atom. The molecule has 0 amide bonds. The molecule has 0 bridgehead atoms. The van der Waals surface area contributed by atoms with Crippen LogP contribution in [0, 0.1) is 5.82 Å². The van der Waals surface area contributed by atoms with Crippen molar-refractivity contribution in [3.63, 3.8) is 0 Å². The van der Waals surface area contributed by atoms with Gasteiger partial charge in [0.2, 0.25) is 0 Å². The number of hydrogen-bond acceptors (Lipinski definition) is 2. The summed E-state index contributed by atoms with van der Waals surface area (Å²) in [6, 6.07) is 1.37. The molecular weight excluding hydrogens is 226 g/mol. The maximum Gasteiger partial charge on any atom is 0.166 e. The van der Waals surface area contributed by atoms with E-state index in [1.54, 1.807) is 0 Å². The maximum atomic E-state index is 13.0. The van der Waals surface area contributed by atoms with E-state index in [2.05, 4.69) is 4.98 Å². The number of halogens is 3. The maximum absolute atomic E-state index is 13.0. The van der Waals surface area contributed by atoms with Gasteiger partial charge in [-0.2, -0.15) is 0 Å². The van der Waals surface area contributed by atoms with E-state index in [4.69, 9.17) is 28.9 Å². The Hall–Kier alpha value is -0.380. The molecule has 1 aromatic rings. The SMILES string of the molecule is C[C@H](N)CCc1cc(F)c(Cl)nc1Cl. The molecule has 0 aliphatic rings. The first kappa shape index (κ1) is 11.7. The molecule has 0 spiro atoms. The number of pyridine rings is 1. The average molecular weight is 237 g/mol. The zero-order valence-electron chi connectivity index (χ0n) is 7.73. The van der Waals surface area contributed by atoms with Gasteiger partial charge in [0.15, 0.2) is 11.0 Å². The minimum Gasteiger partial charge on any atom is -0.328 e. The smallest absolute Gasteiger partial charge is 0.166 e. The first-order chi connectivity index (χ1) is 6.50. The molecule has 2 nitrogen and oxygen atoms in total. The molecule has 0 saturated heterocycles. The molecule has 0 fully saturated rings. The lowest BCUT2D eigenvalue weighted by atomic mass is 10.1. The zero-order chi connectivity index (χ0) is 10.7. The lowest BCUT2D eigenvalue weighted by Gasteiger charge is -2.06. The second-order valence-electron chi connectivity index (χ2n) is 3.23. The van der Waals surface area contributed by atoms with Crippen LogP contribution in [0.4, 0.5) is 4.39 Å². The fourth-order valence-corrected chi connectivity index (χ4v) is 1.46. The summed E-state index contributed by atoms with van der Waals surface area (Å²) in [5.41, 5.74) is 6.22. The van der Waals surface area contributed by atoms with Crippen LogP contribution in [-0.4, -0.2) is 11.0 Å². The minimum atomic E-state index is -0.546. The number of nitrogens with zero attached hydrogens (tertiary/aromatic N) is 1. The Morgan fingerprint density at radius 1 is 1.50 bits per heavy atom. The zero-order valence-corrected chi connectivity index (χ0v) is 9.24. The molecule has 1 atom stereocenters. The van der Waals surface area contributed by atoms with Gasteiger partial charge in [-0.1, -0.05) is 23.2 Å². The van der Waals surface area contributed by atoms with Crippen molar-refractivity contribution in [3.05, 3.63) is 27.8 Å². The lowest BCUT2D eigenvalue weighted by Crippen LogP contribution is -2.15. The van der Waals surface area contributed by atoms with E-state index in [1.807, 2.05) is 6.92 Å². The quantitative estimate of drug-likeness (QED) is 0.821. The molecule has 0 aliphatic heterocycles. The molecule has 2 N–H and O–H groups in total. The third-order valence-corrected chi connectivity index (χ3v) is 2.42. The molecule has 14 heavy (non-hydrogen) atoms. The second-order valence-corrected chi connectivity index (χ2v) is 3.94. The van der Waals surface area contributed by atoms with Crippen molar-refractivity contribution in [2.24, 2.45) is 5.73 Å². The van der Waals surface area contributed by atoms with E-state index >= 15 is 0 Å². The van der Waals surface area contributed by atoms with E-state index in [0.29, 0.717) is 12.0 Å². The van der Waals surface area contributed by atoms with Crippen molar-refractivity contribution in [1.29, 1.82) is 0 Å². The number of nitrogens with two attached hydrogens (primary N) is 1. The van der Waals surface area contributed by atoms with Crippen LogP contribution in [0.1, 0.15) is 18.9 Å². The monoisotopic (exact) mass is 236 g/mol. The summed E-state index contributed by atoms with van der Waals surface area (Å²) in [6.45, 7) is 1.88. The van der Waals surface area contributed by atoms with Gasteiger partial charge in [-0.15, -0.1) is 0 Å². The average Bonchev–Trinajstić information content (AvgIpc) is 2.09. The second kappa shape index (κ2) is 4.91. The Bertz CT molecular complexity index is 329. The molecule has 0 radical (unpaired) electrons. The largest absolute Gasteiger partial charge is 0.328 e. The predicted molar refractivity (Wildman–Crippen MR) is 56.2 cm³/mol. The van der Waals surface area contributed by atoms with Crippen molar-refractivity contribution in [2.45, 2.75) is 25.8 Å². The molecular formula is C9H11Cl2FN2. The minimum absolute atomic E-state index is 0.0600. The number of aryl methyl sites for hydroxylation is 1. The normalized spacial score (nSPS) is 12.9. The third kappa shape index (κ3) is 3.08. The van der Waals surface area contributed by atoms with Gasteiger partial charge in [-0.25, -0.2) is 9.37 Å². The van der Waals surface area contributed by atoms with Crippen LogP contribution >= 0.6 is 23.2 Å². The summed E-state index contributed by atoms with van der Waals surface area (Å²) < 4.78 is 13.0. The van der Waals surface area contributed by atoms with E-state index in [9.17, 15) is 4.39 Å². The predicted octanol–water partition coefficient (Wildman–Crippen LogP) is 2.81. The van der Waals surface area contributed by atoms with Gasteiger partial charge in [0, 0.05) is 6.04 Å². The molecule has 5 heteroatoms. The highest BCUT2D eigenvalue weighted by molar-refractivity contribution is 6.32. The topological polar surface area (TPSA) is 38.9 Å². The summed E-state index contributed by atoms with van der Waals surface area (Å²) in [6.07, 6.45) is 1.35. The van der Waals surface area contributed by atoms with E-state index in [0.717, 1.165) is 6.42 Å². The fraction of sp³-hybridized carbons (Fsp3) is 0.444. The van der Waals surface area contributed by atoms with Gasteiger partial charge in [0.25, 0.3) is 0 Å². The molecule has 0 unspecified atom stereocenters. The summed E-state index contributed by atoms with van der Waals surface area (Å²) >= 11 is 11.2. The van der Waals surface area contributed by atoms with Crippen molar-refractivity contribution >= 4 is 23.2 Å². The van der Waals surface area contributed by atoms with Crippen LogP contribution < -0.4 is 5.73 Å². The Labute approximate surface area is 92.2 Å². The van der Waals surface area contributed by atoms with Crippen molar-refractivity contribution in [1.82, 2.24) is 4.98 Å². The van der Waals surface area contributed by atoms with Crippen LogP contribution in [0.5, 0.6) is 0 Å². The lowest BCUT2D eigenvalue weighted by molar-refractivity contribution is 0.613. The van der Waals surface area contributed by atoms with Crippen molar-refractivity contribution in [3.8, 4) is 0 Å². The molecule has 78 valence electrons. The van der Waals surface area contributed by atoms with Gasteiger partial charge < -0.3 is 5.73 Å². The van der Waals surface area contributed by atoms with Crippen LogP contribution in [0.15, 0.2) is 6.07 Å². The Balaban J connectivity index is 2.82.